The minimum atomic E-state index is 0.0312. The van der Waals surface area contributed by atoms with E-state index in [4.69, 9.17) is 9.84 Å². The van der Waals surface area contributed by atoms with Crippen molar-refractivity contribution in [1.82, 2.24) is 9.80 Å². The van der Waals surface area contributed by atoms with Crippen molar-refractivity contribution < 1.29 is 14.6 Å². The van der Waals surface area contributed by atoms with Gasteiger partial charge in [0.25, 0.3) is 0 Å². The van der Waals surface area contributed by atoms with Gasteiger partial charge in [-0.2, -0.15) is 0 Å². The Morgan fingerprint density at radius 3 is 2.73 bits per heavy atom. The fraction of sp³-hybridized carbons (Fsp3) is 0.857. The molecule has 26 heavy (non-hydrogen) atoms. The van der Waals surface area contributed by atoms with Crippen LogP contribution in [-0.2, 0) is 9.53 Å². The first-order valence-electron chi connectivity index (χ1n) is 10.4. The van der Waals surface area contributed by atoms with E-state index < -0.39 is 0 Å². The van der Waals surface area contributed by atoms with Crippen LogP contribution in [-0.4, -0.2) is 72.9 Å². The highest BCUT2D eigenvalue weighted by molar-refractivity contribution is 5.75. The topological polar surface area (TPSA) is 53.0 Å². The maximum absolute atomic E-state index is 12.7. The molecular formula is C21H34N2O3. The molecule has 2 saturated carbocycles. The first-order valence-corrected chi connectivity index (χ1v) is 10.4. The van der Waals surface area contributed by atoms with E-state index in [2.05, 4.69) is 23.3 Å². The highest BCUT2D eigenvalue weighted by atomic mass is 16.6. The number of esters is 1. The quantitative estimate of drug-likeness (QED) is 0.612. The summed E-state index contributed by atoms with van der Waals surface area (Å²) >= 11 is 0. The molecule has 5 heteroatoms. The van der Waals surface area contributed by atoms with Crippen LogP contribution in [0, 0.1) is 23.2 Å². The molecule has 0 aromatic heterocycles. The zero-order chi connectivity index (χ0) is 18.3. The molecule has 0 radical (unpaired) electrons. The number of piperazine rings is 1. The lowest BCUT2D eigenvalue weighted by molar-refractivity contribution is -0.146. The Labute approximate surface area is 157 Å². The summed E-state index contributed by atoms with van der Waals surface area (Å²) in [5, 5.41) is 9.09. The predicted octanol–water partition coefficient (Wildman–Crippen LogP) is 1.91. The van der Waals surface area contributed by atoms with Gasteiger partial charge in [0.1, 0.15) is 6.10 Å². The maximum Gasteiger partial charge on any atom is 0.310 e. The van der Waals surface area contributed by atoms with Crippen LogP contribution in [0.25, 0.3) is 0 Å². The molecule has 2 aliphatic heterocycles. The van der Waals surface area contributed by atoms with Crippen LogP contribution < -0.4 is 0 Å². The van der Waals surface area contributed by atoms with Crippen molar-refractivity contribution in [3.05, 3.63) is 12.2 Å². The third-order valence-corrected chi connectivity index (χ3v) is 7.66. The predicted molar refractivity (Wildman–Crippen MR) is 101 cm³/mol. The van der Waals surface area contributed by atoms with Gasteiger partial charge in [-0.15, -0.1) is 0 Å². The lowest BCUT2D eigenvalue weighted by Gasteiger charge is -2.50. The molecule has 146 valence electrons. The summed E-state index contributed by atoms with van der Waals surface area (Å²) in [6, 6.07) is 0. The number of nitrogens with zero attached hydrogens (tertiary/aromatic N) is 2. The fourth-order valence-electron chi connectivity index (χ4n) is 6.08. The number of aliphatic hydroxyl groups is 1. The number of carbonyl (C=O) groups excluding carboxylic acids is 1. The van der Waals surface area contributed by atoms with Crippen LogP contribution in [0.1, 0.15) is 39.0 Å². The van der Waals surface area contributed by atoms with Gasteiger partial charge in [-0.3, -0.25) is 14.6 Å². The molecule has 0 amide bonds. The molecule has 0 aromatic carbocycles. The number of β-amino-alcohol motifs (C(OH)–C–C–N with tert-alkyl or cyclic N) is 1. The zero-order valence-corrected chi connectivity index (χ0v) is 16.2. The van der Waals surface area contributed by atoms with Gasteiger partial charge >= 0.3 is 5.97 Å². The number of rotatable bonds is 4. The second kappa shape index (κ2) is 7.25. The normalized spacial score (nSPS) is 41.6. The summed E-state index contributed by atoms with van der Waals surface area (Å²) in [6.45, 7) is 12.5. The van der Waals surface area contributed by atoms with Gasteiger partial charge in [-0.25, -0.2) is 0 Å². The van der Waals surface area contributed by atoms with E-state index in [9.17, 15) is 4.79 Å². The number of fused-ring (bicyclic) bond motifs is 2. The van der Waals surface area contributed by atoms with Gasteiger partial charge in [0, 0.05) is 45.2 Å². The molecule has 0 aromatic rings. The second-order valence-corrected chi connectivity index (χ2v) is 9.27. The standard InChI is InChI=1S/C21H34N2O3/c1-15-4-3-5-21(2)13-19-16(12-18(15)21)17(20(25)26-19)14-23-8-6-22(7-9-23)10-11-24/h16-19,24H,1,3-14H2,2H3/t16-,17-,18+,19-,21-/m1/s1. The molecule has 0 spiro atoms. The summed E-state index contributed by atoms with van der Waals surface area (Å²) in [7, 11) is 0. The Morgan fingerprint density at radius 1 is 1.27 bits per heavy atom. The zero-order valence-electron chi connectivity index (χ0n) is 16.2. The fourth-order valence-corrected chi connectivity index (χ4v) is 6.08. The Balaban J connectivity index is 1.41. The Hall–Kier alpha value is -0.910. The number of hydrogen-bond acceptors (Lipinski definition) is 5. The molecule has 5 nitrogen and oxygen atoms in total. The third-order valence-electron chi connectivity index (χ3n) is 7.66. The van der Waals surface area contributed by atoms with E-state index in [-0.39, 0.29) is 30.0 Å². The molecular weight excluding hydrogens is 328 g/mol. The number of allylic oxidation sites excluding steroid dienone is 1. The van der Waals surface area contributed by atoms with Crippen LogP contribution in [0.5, 0.6) is 0 Å². The maximum atomic E-state index is 12.7. The molecule has 2 saturated heterocycles. The Kier molecular flexibility index (Phi) is 5.15. The summed E-state index contributed by atoms with van der Waals surface area (Å²) in [6.07, 6.45) is 5.86. The van der Waals surface area contributed by atoms with Crippen molar-refractivity contribution >= 4 is 5.97 Å². The van der Waals surface area contributed by atoms with Crippen LogP contribution in [0.3, 0.4) is 0 Å². The molecule has 4 fully saturated rings. The van der Waals surface area contributed by atoms with E-state index in [1.54, 1.807) is 0 Å². The van der Waals surface area contributed by atoms with Gasteiger partial charge in [0.05, 0.1) is 12.5 Å². The molecule has 0 unspecified atom stereocenters. The van der Waals surface area contributed by atoms with Gasteiger partial charge in [-0.1, -0.05) is 19.1 Å². The van der Waals surface area contributed by atoms with Crippen LogP contribution >= 0.6 is 0 Å². The molecule has 0 bridgehead atoms. The number of hydrogen-bond donors (Lipinski definition) is 1. The minimum Gasteiger partial charge on any atom is -0.462 e. The van der Waals surface area contributed by atoms with E-state index in [0.29, 0.717) is 11.8 Å². The second-order valence-electron chi connectivity index (χ2n) is 9.27. The number of ether oxygens (including phenoxy) is 1. The summed E-state index contributed by atoms with van der Waals surface area (Å²) in [4.78, 5) is 17.4. The molecule has 2 heterocycles. The van der Waals surface area contributed by atoms with E-state index in [1.165, 1.54) is 18.4 Å². The van der Waals surface area contributed by atoms with Gasteiger partial charge < -0.3 is 9.84 Å². The van der Waals surface area contributed by atoms with Crippen LogP contribution in [0.2, 0.25) is 0 Å². The number of aliphatic hydroxyl groups excluding tert-OH is 1. The average Bonchev–Trinajstić information content (AvgIpc) is 2.89. The Morgan fingerprint density at radius 2 is 2.00 bits per heavy atom. The van der Waals surface area contributed by atoms with Crippen LogP contribution in [0.15, 0.2) is 12.2 Å². The van der Waals surface area contributed by atoms with Gasteiger partial charge in [0.2, 0.25) is 0 Å². The van der Waals surface area contributed by atoms with E-state index in [1.807, 2.05) is 0 Å². The van der Waals surface area contributed by atoms with Crippen molar-refractivity contribution in [2.24, 2.45) is 23.2 Å². The SMILES string of the molecule is C=C1CCC[C@]2(C)C[C@H]3OC(=O)[C@H](CN4CCN(CCO)CC4)[C@H]3C[C@@H]12. The van der Waals surface area contributed by atoms with Crippen molar-refractivity contribution in [1.29, 1.82) is 0 Å². The molecule has 2 aliphatic carbocycles. The van der Waals surface area contributed by atoms with Crippen molar-refractivity contribution in [2.45, 2.75) is 45.1 Å². The summed E-state index contributed by atoms with van der Waals surface area (Å²) in [5.41, 5.74) is 1.69. The lowest BCUT2D eigenvalue weighted by atomic mass is 9.55. The first-order chi connectivity index (χ1) is 12.5. The lowest BCUT2D eigenvalue weighted by Crippen LogP contribution is -2.50. The first kappa shape index (κ1) is 18.5. The third kappa shape index (κ3) is 3.34. The molecule has 5 atom stereocenters. The highest BCUT2D eigenvalue weighted by Gasteiger charge is 2.55. The van der Waals surface area contributed by atoms with Crippen molar-refractivity contribution in [3.63, 3.8) is 0 Å². The largest absolute Gasteiger partial charge is 0.462 e. The average molecular weight is 363 g/mol. The molecule has 4 rings (SSSR count). The smallest absolute Gasteiger partial charge is 0.310 e. The highest BCUT2D eigenvalue weighted by Crippen LogP contribution is 2.56. The summed E-state index contributed by atoms with van der Waals surface area (Å²) in [5.74, 6) is 0.996. The molecule has 1 N–H and O–H groups in total. The van der Waals surface area contributed by atoms with Gasteiger partial charge in [-0.05, 0) is 43.4 Å². The van der Waals surface area contributed by atoms with Crippen molar-refractivity contribution in [3.8, 4) is 0 Å². The van der Waals surface area contributed by atoms with E-state index in [0.717, 1.165) is 58.5 Å². The Bertz CT molecular complexity index is 557. The number of carbonyl (C=O) groups is 1. The van der Waals surface area contributed by atoms with E-state index >= 15 is 0 Å². The van der Waals surface area contributed by atoms with Gasteiger partial charge in [0.15, 0.2) is 0 Å². The minimum absolute atomic E-state index is 0.0312. The monoisotopic (exact) mass is 362 g/mol. The summed E-state index contributed by atoms with van der Waals surface area (Å²) < 4.78 is 5.89. The van der Waals surface area contributed by atoms with Crippen LogP contribution in [0.4, 0.5) is 0 Å². The van der Waals surface area contributed by atoms with Crippen molar-refractivity contribution in [2.75, 3.05) is 45.9 Å². The molecule has 4 aliphatic rings.